The van der Waals surface area contributed by atoms with Crippen molar-refractivity contribution in [2.45, 2.75) is 27.2 Å². The number of hydrogen-bond acceptors (Lipinski definition) is 5. The highest BCUT2D eigenvalue weighted by Crippen LogP contribution is 2.20. The highest BCUT2D eigenvalue weighted by atomic mass is 16.2. The Labute approximate surface area is 171 Å². The number of nitrogens with zero attached hydrogens (tertiary/aromatic N) is 2. The molecular formula is C22H26N6O. The molecule has 0 atom stereocenters. The molecule has 0 saturated carbocycles. The van der Waals surface area contributed by atoms with Crippen molar-refractivity contribution in [3.05, 3.63) is 66.0 Å². The fourth-order valence-electron chi connectivity index (χ4n) is 2.92. The standard InChI is InChI=1S/C22H26N6O/c1-4-16-8-6-7-9-19(16)28-22(29)27-18-12-10-17(11-13-18)26-21-14-20(23-5-2)24-15(3)25-21/h6-14H,4-5H2,1-3H3,(H2,27,28,29)(H2,23,24,25,26). The SMILES string of the molecule is CCNc1cc(Nc2ccc(NC(=O)Nc3ccccc3CC)cc2)nc(C)n1. The predicted octanol–water partition coefficient (Wildman–Crippen LogP) is 5.17. The summed E-state index contributed by atoms with van der Waals surface area (Å²) in [6.45, 7) is 6.73. The molecule has 0 unspecified atom stereocenters. The van der Waals surface area contributed by atoms with Crippen LogP contribution in [0.15, 0.2) is 54.6 Å². The molecule has 29 heavy (non-hydrogen) atoms. The van der Waals surface area contributed by atoms with Crippen molar-refractivity contribution < 1.29 is 4.79 Å². The van der Waals surface area contributed by atoms with Crippen LogP contribution in [0.25, 0.3) is 0 Å². The lowest BCUT2D eigenvalue weighted by molar-refractivity contribution is 0.262. The number of aryl methyl sites for hydroxylation is 2. The van der Waals surface area contributed by atoms with Crippen LogP contribution in [0.5, 0.6) is 0 Å². The third-order valence-corrected chi connectivity index (χ3v) is 4.26. The van der Waals surface area contributed by atoms with Gasteiger partial charge in [-0.1, -0.05) is 25.1 Å². The van der Waals surface area contributed by atoms with E-state index < -0.39 is 0 Å². The Balaban J connectivity index is 1.62. The Morgan fingerprint density at radius 1 is 0.897 bits per heavy atom. The predicted molar refractivity (Wildman–Crippen MR) is 119 cm³/mol. The molecule has 0 saturated heterocycles. The van der Waals surface area contributed by atoms with Gasteiger partial charge in [-0.15, -0.1) is 0 Å². The van der Waals surface area contributed by atoms with Gasteiger partial charge in [-0.05, 0) is 56.2 Å². The number of hydrogen-bond donors (Lipinski definition) is 4. The van der Waals surface area contributed by atoms with Crippen LogP contribution in [0.1, 0.15) is 25.2 Å². The van der Waals surface area contributed by atoms with Crippen LogP contribution >= 0.6 is 0 Å². The van der Waals surface area contributed by atoms with E-state index in [2.05, 4.69) is 38.2 Å². The molecular weight excluding hydrogens is 364 g/mol. The minimum Gasteiger partial charge on any atom is -0.370 e. The summed E-state index contributed by atoms with van der Waals surface area (Å²) in [6, 6.07) is 16.8. The molecule has 1 aromatic heterocycles. The second kappa shape index (κ2) is 9.54. The Bertz CT molecular complexity index is 971. The Hall–Kier alpha value is -3.61. The van der Waals surface area contributed by atoms with Crippen LogP contribution in [-0.2, 0) is 6.42 Å². The van der Waals surface area contributed by atoms with E-state index in [9.17, 15) is 4.79 Å². The normalized spacial score (nSPS) is 10.3. The van der Waals surface area contributed by atoms with Crippen LogP contribution < -0.4 is 21.3 Å². The molecule has 0 aliphatic heterocycles. The Morgan fingerprint density at radius 2 is 1.59 bits per heavy atom. The summed E-state index contributed by atoms with van der Waals surface area (Å²) in [5, 5.41) is 12.2. The minimum absolute atomic E-state index is 0.270. The van der Waals surface area contributed by atoms with Crippen molar-refractivity contribution in [1.29, 1.82) is 0 Å². The van der Waals surface area contributed by atoms with E-state index in [0.717, 1.165) is 35.7 Å². The van der Waals surface area contributed by atoms with Crippen LogP contribution in [0.2, 0.25) is 0 Å². The van der Waals surface area contributed by atoms with Gasteiger partial charge >= 0.3 is 6.03 Å². The number of nitrogens with one attached hydrogen (secondary N) is 4. The number of urea groups is 1. The zero-order valence-corrected chi connectivity index (χ0v) is 16.9. The first kappa shape index (κ1) is 20.1. The number of rotatable bonds is 7. The van der Waals surface area contributed by atoms with E-state index in [0.29, 0.717) is 17.3 Å². The second-order valence-electron chi connectivity index (χ2n) is 6.51. The van der Waals surface area contributed by atoms with Gasteiger partial charge in [0, 0.05) is 29.7 Å². The first-order valence-corrected chi connectivity index (χ1v) is 9.70. The molecule has 3 rings (SSSR count). The van der Waals surface area contributed by atoms with Gasteiger partial charge in [0.2, 0.25) is 0 Å². The summed E-state index contributed by atoms with van der Waals surface area (Å²) in [6.07, 6.45) is 0.856. The fourth-order valence-corrected chi connectivity index (χ4v) is 2.92. The van der Waals surface area contributed by atoms with Gasteiger partial charge in [0.25, 0.3) is 0 Å². The van der Waals surface area contributed by atoms with E-state index in [4.69, 9.17) is 0 Å². The first-order valence-electron chi connectivity index (χ1n) is 9.70. The summed E-state index contributed by atoms with van der Waals surface area (Å²) in [4.78, 5) is 21.0. The molecule has 1 heterocycles. The number of para-hydroxylation sites is 1. The molecule has 150 valence electrons. The van der Waals surface area contributed by atoms with Gasteiger partial charge in [-0.2, -0.15) is 0 Å². The molecule has 7 heteroatoms. The van der Waals surface area contributed by atoms with Gasteiger partial charge < -0.3 is 21.3 Å². The maximum atomic E-state index is 12.3. The maximum Gasteiger partial charge on any atom is 0.323 e. The third kappa shape index (κ3) is 5.68. The summed E-state index contributed by atoms with van der Waals surface area (Å²) < 4.78 is 0. The Kier molecular flexibility index (Phi) is 6.63. The zero-order valence-electron chi connectivity index (χ0n) is 16.9. The molecule has 2 amide bonds. The van der Waals surface area contributed by atoms with Crippen LogP contribution in [0, 0.1) is 6.92 Å². The molecule has 3 aromatic rings. The molecule has 7 nitrogen and oxygen atoms in total. The number of amides is 2. The largest absolute Gasteiger partial charge is 0.370 e. The number of carbonyl (C=O) groups is 1. The quantitative estimate of drug-likeness (QED) is 0.447. The third-order valence-electron chi connectivity index (χ3n) is 4.26. The second-order valence-corrected chi connectivity index (χ2v) is 6.51. The average Bonchev–Trinajstić information content (AvgIpc) is 2.70. The molecule has 0 spiro atoms. The van der Waals surface area contributed by atoms with E-state index in [1.165, 1.54) is 0 Å². The van der Waals surface area contributed by atoms with Crippen molar-refractivity contribution in [3.8, 4) is 0 Å². The number of benzene rings is 2. The molecule has 0 radical (unpaired) electrons. The number of aromatic nitrogens is 2. The highest BCUT2D eigenvalue weighted by Gasteiger charge is 2.06. The molecule has 0 aliphatic rings. The van der Waals surface area contributed by atoms with Crippen molar-refractivity contribution in [2.24, 2.45) is 0 Å². The summed E-state index contributed by atoms with van der Waals surface area (Å²) >= 11 is 0. The highest BCUT2D eigenvalue weighted by molar-refractivity contribution is 6.00. The summed E-state index contributed by atoms with van der Waals surface area (Å²) in [5.74, 6) is 2.18. The lowest BCUT2D eigenvalue weighted by atomic mass is 10.1. The van der Waals surface area contributed by atoms with Gasteiger partial charge in [0.05, 0.1) is 0 Å². The average molecular weight is 390 g/mol. The smallest absolute Gasteiger partial charge is 0.323 e. The first-order chi connectivity index (χ1) is 14.1. The molecule has 0 aliphatic carbocycles. The lowest BCUT2D eigenvalue weighted by Crippen LogP contribution is -2.20. The monoisotopic (exact) mass is 390 g/mol. The molecule has 0 bridgehead atoms. The van der Waals surface area contributed by atoms with E-state index in [-0.39, 0.29) is 6.03 Å². The number of anilines is 5. The molecule has 0 fully saturated rings. The van der Waals surface area contributed by atoms with E-state index in [1.807, 2.05) is 68.4 Å². The lowest BCUT2D eigenvalue weighted by Gasteiger charge is -2.12. The topological polar surface area (TPSA) is 91.0 Å². The summed E-state index contributed by atoms with van der Waals surface area (Å²) in [5.41, 5.74) is 3.49. The fraction of sp³-hybridized carbons (Fsp3) is 0.227. The Morgan fingerprint density at radius 3 is 2.31 bits per heavy atom. The van der Waals surface area contributed by atoms with Gasteiger partial charge in [-0.3, -0.25) is 0 Å². The van der Waals surface area contributed by atoms with Gasteiger partial charge in [0.15, 0.2) is 0 Å². The van der Waals surface area contributed by atoms with Crippen molar-refractivity contribution in [2.75, 3.05) is 27.8 Å². The van der Waals surface area contributed by atoms with Gasteiger partial charge in [-0.25, -0.2) is 14.8 Å². The summed E-state index contributed by atoms with van der Waals surface area (Å²) in [7, 11) is 0. The van der Waals surface area contributed by atoms with Crippen LogP contribution in [0.3, 0.4) is 0 Å². The van der Waals surface area contributed by atoms with Crippen molar-refractivity contribution in [3.63, 3.8) is 0 Å². The number of carbonyl (C=O) groups excluding carboxylic acids is 1. The zero-order chi connectivity index (χ0) is 20.6. The van der Waals surface area contributed by atoms with E-state index in [1.54, 1.807) is 0 Å². The van der Waals surface area contributed by atoms with E-state index >= 15 is 0 Å². The maximum absolute atomic E-state index is 12.3. The van der Waals surface area contributed by atoms with Crippen molar-refractivity contribution in [1.82, 2.24) is 9.97 Å². The van der Waals surface area contributed by atoms with Crippen molar-refractivity contribution >= 4 is 34.7 Å². The van der Waals surface area contributed by atoms with Crippen LogP contribution in [-0.4, -0.2) is 22.5 Å². The molecule has 2 aromatic carbocycles. The van der Waals surface area contributed by atoms with Crippen LogP contribution in [0.4, 0.5) is 33.5 Å². The minimum atomic E-state index is -0.270. The molecule has 4 N–H and O–H groups in total. The van der Waals surface area contributed by atoms with Gasteiger partial charge in [0.1, 0.15) is 17.5 Å².